The molecule has 3 aromatic rings. The largest absolute Gasteiger partial charge is 0.495 e. The van der Waals surface area contributed by atoms with Crippen LogP contribution in [0.1, 0.15) is 5.56 Å². The molecule has 1 aliphatic heterocycles. The summed E-state index contributed by atoms with van der Waals surface area (Å²) in [6.07, 6.45) is 4.74. The molecule has 9 heteroatoms. The first-order valence-electron chi connectivity index (χ1n) is 8.88. The third kappa shape index (κ3) is 3.81. The number of hydrogen-bond donors (Lipinski definition) is 0. The minimum atomic E-state index is -0.342. The average Bonchev–Trinajstić information content (AvgIpc) is 3.23. The van der Waals surface area contributed by atoms with Crippen molar-refractivity contribution >= 4 is 32.6 Å². The first-order valence-corrected chi connectivity index (χ1v) is 9.69. The molecule has 29 heavy (non-hydrogen) atoms. The smallest absolute Gasteiger partial charge is 0.298 e. The number of methoxy groups -OCH3 is 2. The van der Waals surface area contributed by atoms with Crippen LogP contribution >= 0.6 is 11.3 Å². The van der Waals surface area contributed by atoms with Crippen LogP contribution in [0.25, 0.3) is 10.2 Å². The summed E-state index contributed by atoms with van der Waals surface area (Å²) >= 11 is 1.34. The zero-order valence-corrected chi connectivity index (χ0v) is 16.8. The van der Waals surface area contributed by atoms with Crippen molar-refractivity contribution in [1.29, 1.82) is 0 Å². The molecule has 2 aromatic heterocycles. The lowest BCUT2D eigenvalue weighted by atomic mass is 10.2. The topological polar surface area (TPSA) is 83.0 Å². The standard InChI is InChI=1S/C20H19N3O5S/c1-25-14-5-6-15(26-2)18-17(14)22-20(29-18)23(11-13-4-3-7-21-10-13)19(24)16-12-27-8-9-28-16/h3-7,10,12H,8-9,11H2,1-2H3. The molecule has 0 unspecified atom stereocenters. The van der Waals surface area contributed by atoms with Crippen LogP contribution in [0.4, 0.5) is 5.13 Å². The molecule has 0 bridgehead atoms. The highest BCUT2D eigenvalue weighted by Gasteiger charge is 2.27. The number of ether oxygens (including phenoxy) is 4. The lowest BCUT2D eigenvalue weighted by molar-refractivity contribution is -0.119. The van der Waals surface area contributed by atoms with Gasteiger partial charge >= 0.3 is 0 Å². The molecule has 0 aliphatic carbocycles. The highest BCUT2D eigenvalue weighted by atomic mass is 32.1. The Balaban J connectivity index is 1.79. The number of benzene rings is 1. The number of rotatable bonds is 6. The van der Waals surface area contributed by atoms with Crippen LogP contribution in [0.5, 0.6) is 11.5 Å². The van der Waals surface area contributed by atoms with Gasteiger partial charge in [0, 0.05) is 12.4 Å². The Labute approximate surface area is 171 Å². The third-order valence-electron chi connectivity index (χ3n) is 4.30. The van der Waals surface area contributed by atoms with Crippen molar-refractivity contribution in [2.45, 2.75) is 6.54 Å². The van der Waals surface area contributed by atoms with Gasteiger partial charge in [-0.3, -0.25) is 14.7 Å². The van der Waals surface area contributed by atoms with Crippen LogP contribution in [0, 0.1) is 0 Å². The maximum absolute atomic E-state index is 13.2. The summed E-state index contributed by atoms with van der Waals surface area (Å²) in [4.78, 5) is 23.6. The van der Waals surface area contributed by atoms with Gasteiger partial charge in [0.1, 0.15) is 41.2 Å². The maximum Gasteiger partial charge on any atom is 0.298 e. The number of fused-ring (bicyclic) bond motifs is 1. The molecule has 0 N–H and O–H groups in total. The van der Waals surface area contributed by atoms with E-state index < -0.39 is 0 Å². The third-order valence-corrected chi connectivity index (χ3v) is 5.39. The highest BCUT2D eigenvalue weighted by molar-refractivity contribution is 7.22. The van der Waals surface area contributed by atoms with Crippen molar-refractivity contribution in [2.75, 3.05) is 32.3 Å². The molecule has 0 saturated carbocycles. The summed E-state index contributed by atoms with van der Waals surface area (Å²) in [6, 6.07) is 7.33. The number of nitrogens with zero attached hydrogens (tertiary/aromatic N) is 3. The number of pyridine rings is 1. The Bertz CT molecular complexity index is 1010. The molecule has 1 aliphatic rings. The molecule has 0 saturated heterocycles. The fraction of sp³-hybridized carbons (Fsp3) is 0.250. The van der Waals surface area contributed by atoms with Crippen molar-refractivity contribution in [2.24, 2.45) is 0 Å². The molecule has 0 radical (unpaired) electrons. The van der Waals surface area contributed by atoms with Gasteiger partial charge in [-0.05, 0) is 23.8 Å². The van der Waals surface area contributed by atoms with E-state index >= 15 is 0 Å². The van der Waals surface area contributed by atoms with E-state index in [1.807, 2.05) is 18.2 Å². The molecule has 150 valence electrons. The predicted octanol–water partition coefficient (Wildman–Crippen LogP) is 3.13. The molecule has 0 spiro atoms. The number of thiazole rings is 1. The average molecular weight is 413 g/mol. The Morgan fingerprint density at radius 2 is 2.03 bits per heavy atom. The molecule has 0 atom stereocenters. The van der Waals surface area contributed by atoms with Gasteiger partial charge < -0.3 is 18.9 Å². The first-order chi connectivity index (χ1) is 14.2. The van der Waals surface area contributed by atoms with E-state index in [0.717, 1.165) is 10.3 Å². The summed E-state index contributed by atoms with van der Waals surface area (Å²) in [5.74, 6) is 1.06. The molecular weight excluding hydrogens is 394 g/mol. The van der Waals surface area contributed by atoms with E-state index in [9.17, 15) is 4.79 Å². The molecule has 1 aromatic carbocycles. The fourth-order valence-electron chi connectivity index (χ4n) is 2.90. The number of amides is 1. The van der Waals surface area contributed by atoms with Crippen LogP contribution in [-0.2, 0) is 20.8 Å². The second-order valence-corrected chi connectivity index (χ2v) is 7.08. The summed E-state index contributed by atoms with van der Waals surface area (Å²) in [6.45, 7) is 1.01. The lowest BCUT2D eigenvalue weighted by Crippen LogP contribution is -2.33. The normalized spacial score (nSPS) is 13.2. The Hall–Kier alpha value is -3.33. The van der Waals surface area contributed by atoms with Crippen LogP contribution in [0.3, 0.4) is 0 Å². The van der Waals surface area contributed by atoms with Crippen LogP contribution in [0.15, 0.2) is 48.7 Å². The predicted molar refractivity (Wildman–Crippen MR) is 108 cm³/mol. The van der Waals surface area contributed by atoms with Crippen LogP contribution in [0.2, 0.25) is 0 Å². The number of carbonyl (C=O) groups is 1. The quantitative estimate of drug-likeness (QED) is 0.614. The van der Waals surface area contributed by atoms with Crippen molar-refractivity contribution in [3.63, 3.8) is 0 Å². The van der Waals surface area contributed by atoms with Gasteiger partial charge in [0.05, 0.1) is 20.8 Å². The Morgan fingerprint density at radius 3 is 2.72 bits per heavy atom. The molecular formula is C20H19N3O5S. The molecule has 3 heterocycles. The summed E-state index contributed by atoms with van der Waals surface area (Å²) in [7, 11) is 3.17. The van der Waals surface area contributed by atoms with E-state index in [2.05, 4.69) is 9.97 Å². The first kappa shape index (κ1) is 19.0. The van der Waals surface area contributed by atoms with Crippen molar-refractivity contribution in [3.05, 3.63) is 54.2 Å². The zero-order chi connectivity index (χ0) is 20.2. The Kier molecular flexibility index (Phi) is 5.48. The number of carbonyl (C=O) groups excluding carboxylic acids is 1. The van der Waals surface area contributed by atoms with Gasteiger partial charge in [-0.2, -0.15) is 0 Å². The number of aromatic nitrogens is 2. The van der Waals surface area contributed by atoms with Crippen LogP contribution in [-0.4, -0.2) is 43.3 Å². The second-order valence-electron chi connectivity index (χ2n) is 6.10. The van der Waals surface area contributed by atoms with Gasteiger partial charge in [-0.15, -0.1) is 0 Å². The summed E-state index contributed by atoms with van der Waals surface area (Å²) in [5.41, 5.74) is 1.49. The van der Waals surface area contributed by atoms with Crippen LogP contribution < -0.4 is 14.4 Å². The monoisotopic (exact) mass is 413 g/mol. The summed E-state index contributed by atoms with van der Waals surface area (Å²) in [5, 5.41) is 0.492. The van der Waals surface area contributed by atoms with Gasteiger partial charge in [0.15, 0.2) is 5.13 Å². The van der Waals surface area contributed by atoms with Gasteiger partial charge in [-0.1, -0.05) is 17.4 Å². The summed E-state index contributed by atoms with van der Waals surface area (Å²) < 4.78 is 22.5. The van der Waals surface area contributed by atoms with Gasteiger partial charge in [-0.25, -0.2) is 4.98 Å². The number of hydrogen-bond acceptors (Lipinski definition) is 8. The van der Waals surface area contributed by atoms with E-state index in [1.165, 1.54) is 17.6 Å². The highest BCUT2D eigenvalue weighted by Crippen LogP contribution is 2.40. The van der Waals surface area contributed by atoms with Crippen molar-refractivity contribution in [3.8, 4) is 11.5 Å². The zero-order valence-electron chi connectivity index (χ0n) is 16.0. The van der Waals surface area contributed by atoms with E-state index in [-0.39, 0.29) is 18.2 Å². The van der Waals surface area contributed by atoms with Crippen molar-refractivity contribution < 1.29 is 23.7 Å². The molecule has 8 nitrogen and oxygen atoms in total. The van der Waals surface area contributed by atoms with E-state index in [0.29, 0.717) is 35.4 Å². The molecule has 0 fully saturated rings. The molecule has 4 rings (SSSR count). The maximum atomic E-state index is 13.2. The van der Waals surface area contributed by atoms with E-state index in [1.54, 1.807) is 37.6 Å². The van der Waals surface area contributed by atoms with Crippen molar-refractivity contribution in [1.82, 2.24) is 9.97 Å². The Morgan fingerprint density at radius 1 is 1.21 bits per heavy atom. The molecule has 1 amide bonds. The lowest BCUT2D eigenvalue weighted by Gasteiger charge is -2.23. The minimum absolute atomic E-state index is 0.137. The second kappa shape index (κ2) is 8.36. The minimum Gasteiger partial charge on any atom is -0.495 e. The van der Waals surface area contributed by atoms with Gasteiger partial charge in [0.2, 0.25) is 5.76 Å². The fourth-order valence-corrected chi connectivity index (χ4v) is 3.98. The van der Waals surface area contributed by atoms with E-state index in [4.69, 9.17) is 18.9 Å². The number of anilines is 1. The SMILES string of the molecule is COc1ccc(OC)c2sc(N(Cc3cccnc3)C(=O)C3=COCCO3)nc12. The van der Waals surface area contributed by atoms with Gasteiger partial charge in [0.25, 0.3) is 5.91 Å².